The lowest BCUT2D eigenvalue weighted by Crippen LogP contribution is -2.07. The largest absolute Gasteiger partial charge is 0.480 e. The van der Waals surface area contributed by atoms with Crippen LogP contribution in [0.2, 0.25) is 0 Å². The first kappa shape index (κ1) is 14.1. The lowest BCUT2D eigenvalue weighted by atomic mass is 10.1. The Balaban J connectivity index is 2.05. The van der Waals surface area contributed by atoms with E-state index >= 15 is 0 Å². The van der Waals surface area contributed by atoms with Crippen molar-refractivity contribution >= 4 is 28.4 Å². The molecule has 6 heteroatoms. The quantitative estimate of drug-likeness (QED) is 0.774. The van der Waals surface area contributed by atoms with E-state index in [4.69, 9.17) is 5.11 Å². The molecule has 2 N–H and O–H groups in total. The molecule has 3 rings (SSSR count). The van der Waals surface area contributed by atoms with Crippen molar-refractivity contribution in [2.75, 3.05) is 5.32 Å². The Bertz CT molecular complexity index is 834. The molecule has 0 spiro atoms. The zero-order chi connectivity index (χ0) is 15.7. The van der Waals surface area contributed by atoms with E-state index in [1.165, 1.54) is 0 Å². The summed E-state index contributed by atoms with van der Waals surface area (Å²) in [7, 11) is 0. The van der Waals surface area contributed by atoms with Crippen LogP contribution in [0.25, 0.3) is 10.9 Å². The summed E-state index contributed by atoms with van der Waals surface area (Å²) in [6, 6.07) is 3.69. The standard InChI is InChI=1S/C16H16N4O2/c1-10-7-17-8-11(2)15(10)19-16-12-4-6-20(9-14(21)22)13(12)3-5-18-16/h3-8H,9H2,1-2H3,(H,21,22)(H,17,18,19). The highest BCUT2D eigenvalue weighted by Crippen LogP contribution is 2.28. The number of aryl methyl sites for hydroxylation is 2. The van der Waals surface area contributed by atoms with Crippen LogP contribution in [0.3, 0.4) is 0 Å². The zero-order valence-corrected chi connectivity index (χ0v) is 12.4. The van der Waals surface area contributed by atoms with Gasteiger partial charge in [-0.25, -0.2) is 4.98 Å². The first-order valence-corrected chi connectivity index (χ1v) is 6.90. The van der Waals surface area contributed by atoms with Gasteiger partial charge in [0.2, 0.25) is 0 Å². The molecule has 0 bridgehead atoms. The highest BCUT2D eigenvalue weighted by atomic mass is 16.4. The van der Waals surface area contributed by atoms with Gasteiger partial charge in [-0.1, -0.05) is 0 Å². The van der Waals surface area contributed by atoms with Gasteiger partial charge >= 0.3 is 5.97 Å². The third-order valence-corrected chi connectivity index (χ3v) is 3.57. The van der Waals surface area contributed by atoms with Gasteiger partial charge < -0.3 is 15.0 Å². The van der Waals surface area contributed by atoms with Gasteiger partial charge in [0.05, 0.1) is 5.52 Å². The predicted molar refractivity (Wildman–Crippen MR) is 84.4 cm³/mol. The minimum absolute atomic E-state index is 0.0692. The minimum atomic E-state index is -0.871. The molecular formula is C16H16N4O2. The van der Waals surface area contributed by atoms with Crippen molar-refractivity contribution in [1.82, 2.24) is 14.5 Å². The zero-order valence-electron chi connectivity index (χ0n) is 12.4. The number of hydrogen-bond donors (Lipinski definition) is 2. The fraction of sp³-hybridized carbons (Fsp3) is 0.188. The maximum Gasteiger partial charge on any atom is 0.323 e. The van der Waals surface area contributed by atoms with Gasteiger partial charge in [-0.15, -0.1) is 0 Å². The van der Waals surface area contributed by atoms with E-state index in [2.05, 4.69) is 15.3 Å². The van der Waals surface area contributed by atoms with Gasteiger partial charge in [0, 0.05) is 35.9 Å². The number of nitrogens with one attached hydrogen (secondary N) is 1. The van der Waals surface area contributed by atoms with Crippen molar-refractivity contribution in [2.45, 2.75) is 20.4 Å². The summed E-state index contributed by atoms with van der Waals surface area (Å²) in [5.41, 5.74) is 3.87. The van der Waals surface area contributed by atoms with E-state index in [-0.39, 0.29) is 6.54 Å². The van der Waals surface area contributed by atoms with Crippen LogP contribution in [0.15, 0.2) is 36.9 Å². The van der Waals surface area contributed by atoms with Gasteiger partial charge in [-0.3, -0.25) is 9.78 Å². The summed E-state index contributed by atoms with van der Waals surface area (Å²) in [5.74, 6) is -0.163. The number of carboxylic acid groups (broad SMARTS) is 1. The molecule has 0 radical (unpaired) electrons. The third-order valence-electron chi connectivity index (χ3n) is 3.57. The smallest absolute Gasteiger partial charge is 0.323 e. The second-order valence-corrected chi connectivity index (χ2v) is 5.20. The number of fused-ring (bicyclic) bond motifs is 1. The maximum atomic E-state index is 10.9. The van der Waals surface area contributed by atoms with Crippen LogP contribution in [-0.4, -0.2) is 25.6 Å². The Labute approximate surface area is 127 Å². The molecule has 6 nitrogen and oxygen atoms in total. The number of aliphatic carboxylic acids is 1. The fourth-order valence-corrected chi connectivity index (χ4v) is 2.52. The third kappa shape index (κ3) is 2.50. The molecular weight excluding hydrogens is 280 g/mol. The molecule has 112 valence electrons. The summed E-state index contributed by atoms with van der Waals surface area (Å²) in [4.78, 5) is 19.5. The number of carboxylic acids is 1. The second kappa shape index (κ2) is 5.48. The average molecular weight is 296 g/mol. The van der Waals surface area contributed by atoms with E-state index in [0.717, 1.165) is 27.7 Å². The van der Waals surface area contributed by atoms with Crippen molar-refractivity contribution in [3.05, 3.63) is 48.0 Å². The van der Waals surface area contributed by atoms with Crippen LogP contribution in [0.1, 0.15) is 11.1 Å². The van der Waals surface area contributed by atoms with E-state index < -0.39 is 5.97 Å². The fourth-order valence-electron chi connectivity index (χ4n) is 2.52. The molecule has 3 aromatic rings. The highest BCUT2D eigenvalue weighted by molar-refractivity contribution is 5.92. The Hall–Kier alpha value is -2.89. The summed E-state index contributed by atoms with van der Waals surface area (Å²) in [5, 5.41) is 13.2. The first-order valence-electron chi connectivity index (χ1n) is 6.90. The number of anilines is 2. The molecule has 0 aliphatic rings. The minimum Gasteiger partial charge on any atom is -0.480 e. The molecule has 0 saturated carbocycles. The van der Waals surface area contributed by atoms with Crippen LogP contribution >= 0.6 is 0 Å². The number of rotatable bonds is 4. The topological polar surface area (TPSA) is 80.0 Å². The SMILES string of the molecule is Cc1cncc(C)c1Nc1nccc2c1ccn2CC(=O)O. The molecule has 0 aromatic carbocycles. The Morgan fingerprint density at radius 1 is 1.27 bits per heavy atom. The highest BCUT2D eigenvalue weighted by Gasteiger charge is 2.11. The van der Waals surface area contributed by atoms with Gasteiger partial charge in [0.1, 0.15) is 12.4 Å². The van der Waals surface area contributed by atoms with Gasteiger partial charge in [0.25, 0.3) is 0 Å². The lowest BCUT2D eigenvalue weighted by molar-refractivity contribution is -0.137. The van der Waals surface area contributed by atoms with Crippen molar-refractivity contribution < 1.29 is 9.90 Å². The van der Waals surface area contributed by atoms with Crippen LogP contribution in [0.4, 0.5) is 11.5 Å². The van der Waals surface area contributed by atoms with Crippen molar-refractivity contribution in [1.29, 1.82) is 0 Å². The molecule has 0 fully saturated rings. The lowest BCUT2D eigenvalue weighted by Gasteiger charge is -2.12. The molecule has 0 aliphatic carbocycles. The summed E-state index contributed by atoms with van der Waals surface area (Å²) in [6.45, 7) is 3.90. The van der Waals surface area contributed by atoms with E-state index in [0.29, 0.717) is 5.82 Å². The molecule has 0 unspecified atom stereocenters. The van der Waals surface area contributed by atoms with Crippen molar-refractivity contribution in [2.24, 2.45) is 0 Å². The molecule has 3 aromatic heterocycles. The normalized spacial score (nSPS) is 10.8. The Morgan fingerprint density at radius 2 is 2.00 bits per heavy atom. The molecule has 0 atom stereocenters. The van der Waals surface area contributed by atoms with Crippen molar-refractivity contribution in [3.8, 4) is 0 Å². The molecule has 0 saturated heterocycles. The van der Waals surface area contributed by atoms with Gasteiger partial charge in [0.15, 0.2) is 0 Å². The average Bonchev–Trinajstić information content (AvgIpc) is 2.86. The van der Waals surface area contributed by atoms with E-state index in [1.54, 1.807) is 29.4 Å². The van der Waals surface area contributed by atoms with Crippen LogP contribution in [-0.2, 0) is 11.3 Å². The predicted octanol–water partition coefficient (Wildman–Crippen LogP) is 2.88. The number of hydrogen-bond acceptors (Lipinski definition) is 4. The van der Waals surface area contributed by atoms with Gasteiger partial charge in [-0.05, 0) is 37.1 Å². The first-order chi connectivity index (χ1) is 10.6. The van der Waals surface area contributed by atoms with Gasteiger partial charge in [-0.2, -0.15) is 0 Å². The van der Waals surface area contributed by atoms with E-state index in [9.17, 15) is 4.79 Å². The Morgan fingerprint density at radius 3 is 2.68 bits per heavy atom. The summed E-state index contributed by atoms with van der Waals surface area (Å²) < 4.78 is 1.69. The van der Waals surface area contributed by atoms with Crippen LogP contribution < -0.4 is 5.32 Å². The summed E-state index contributed by atoms with van der Waals surface area (Å²) in [6.07, 6.45) is 7.03. The second-order valence-electron chi connectivity index (χ2n) is 5.20. The molecule has 0 aliphatic heterocycles. The number of pyridine rings is 2. The number of carbonyl (C=O) groups is 1. The number of aromatic nitrogens is 3. The molecule has 3 heterocycles. The molecule has 22 heavy (non-hydrogen) atoms. The number of nitrogens with zero attached hydrogens (tertiary/aromatic N) is 3. The van der Waals surface area contributed by atoms with E-state index in [1.807, 2.05) is 26.0 Å². The monoisotopic (exact) mass is 296 g/mol. The summed E-state index contributed by atoms with van der Waals surface area (Å²) >= 11 is 0. The van der Waals surface area contributed by atoms with Crippen molar-refractivity contribution in [3.63, 3.8) is 0 Å². The molecule has 0 amide bonds. The van der Waals surface area contributed by atoms with Crippen LogP contribution in [0.5, 0.6) is 0 Å². The Kier molecular flexibility index (Phi) is 3.50. The maximum absolute atomic E-state index is 10.9. The van der Waals surface area contributed by atoms with Crippen LogP contribution in [0, 0.1) is 13.8 Å².